The van der Waals surface area contributed by atoms with E-state index in [-0.39, 0.29) is 5.91 Å². The SMILES string of the molecule is O=C(Cc1cccc2ccccc12)NCC[C@@H]1CO1. The van der Waals surface area contributed by atoms with Crippen LogP contribution in [0.1, 0.15) is 12.0 Å². The number of benzene rings is 2. The summed E-state index contributed by atoms with van der Waals surface area (Å²) in [6.07, 6.45) is 1.73. The minimum atomic E-state index is 0.0806. The maximum atomic E-state index is 11.9. The Bertz CT molecular complexity index is 585. The molecule has 1 aliphatic heterocycles. The summed E-state index contributed by atoms with van der Waals surface area (Å²) in [4.78, 5) is 11.9. The maximum absolute atomic E-state index is 11.9. The Morgan fingerprint density at radius 3 is 2.84 bits per heavy atom. The molecule has 1 amide bonds. The van der Waals surface area contributed by atoms with E-state index in [0.717, 1.165) is 24.0 Å². The highest BCUT2D eigenvalue weighted by molar-refractivity contribution is 5.90. The molecule has 19 heavy (non-hydrogen) atoms. The number of nitrogens with one attached hydrogen (secondary N) is 1. The highest BCUT2D eigenvalue weighted by Crippen LogP contribution is 2.18. The molecule has 1 fully saturated rings. The van der Waals surface area contributed by atoms with E-state index in [1.54, 1.807) is 0 Å². The Labute approximate surface area is 112 Å². The van der Waals surface area contributed by atoms with Gasteiger partial charge in [0.05, 0.1) is 19.1 Å². The van der Waals surface area contributed by atoms with E-state index in [1.165, 1.54) is 5.39 Å². The second kappa shape index (κ2) is 5.41. The molecule has 0 saturated carbocycles. The van der Waals surface area contributed by atoms with Crippen LogP contribution in [0.3, 0.4) is 0 Å². The third-order valence-electron chi connectivity index (χ3n) is 3.42. The first-order chi connectivity index (χ1) is 9.33. The van der Waals surface area contributed by atoms with Gasteiger partial charge >= 0.3 is 0 Å². The van der Waals surface area contributed by atoms with Gasteiger partial charge in [-0.2, -0.15) is 0 Å². The average Bonchev–Trinajstić information content (AvgIpc) is 3.23. The topological polar surface area (TPSA) is 41.6 Å². The van der Waals surface area contributed by atoms with E-state index in [2.05, 4.69) is 23.5 Å². The van der Waals surface area contributed by atoms with Crippen LogP contribution in [0.15, 0.2) is 42.5 Å². The first kappa shape index (κ1) is 12.2. The van der Waals surface area contributed by atoms with Crippen LogP contribution in [0.4, 0.5) is 0 Å². The first-order valence-corrected chi connectivity index (χ1v) is 6.68. The van der Waals surface area contributed by atoms with Gasteiger partial charge in [-0.1, -0.05) is 42.5 Å². The lowest BCUT2D eigenvalue weighted by Crippen LogP contribution is -2.26. The lowest BCUT2D eigenvalue weighted by molar-refractivity contribution is -0.120. The second-order valence-corrected chi connectivity index (χ2v) is 4.91. The van der Waals surface area contributed by atoms with E-state index in [9.17, 15) is 4.79 Å². The fourth-order valence-corrected chi connectivity index (χ4v) is 2.29. The zero-order valence-electron chi connectivity index (χ0n) is 10.8. The molecule has 1 heterocycles. The van der Waals surface area contributed by atoms with E-state index in [1.807, 2.05) is 24.3 Å². The number of ether oxygens (including phenoxy) is 1. The minimum absolute atomic E-state index is 0.0806. The average molecular weight is 255 g/mol. The van der Waals surface area contributed by atoms with Gasteiger partial charge in [0, 0.05) is 6.54 Å². The van der Waals surface area contributed by atoms with Crippen molar-refractivity contribution in [3.63, 3.8) is 0 Å². The Kier molecular flexibility index (Phi) is 3.47. The molecule has 1 aliphatic rings. The summed E-state index contributed by atoms with van der Waals surface area (Å²) in [6.45, 7) is 1.55. The van der Waals surface area contributed by atoms with Crippen molar-refractivity contribution in [2.75, 3.05) is 13.2 Å². The molecule has 0 unspecified atom stereocenters. The molecule has 2 aromatic rings. The molecule has 0 aliphatic carbocycles. The highest BCUT2D eigenvalue weighted by atomic mass is 16.6. The lowest BCUT2D eigenvalue weighted by atomic mass is 10.0. The van der Waals surface area contributed by atoms with E-state index >= 15 is 0 Å². The van der Waals surface area contributed by atoms with Gasteiger partial charge in [0.2, 0.25) is 5.91 Å². The van der Waals surface area contributed by atoms with Crippen LogP contribution in [0.25, 0.3) is 10.8 Å². The summed E-state index contributed by atoms with van der Waals surface area (Å²) in [5.74, 6) is 0.0806. The van der Waals surface area contributed by atoms with E-state index in [0.29, 0.717) is 19.1 Å². The smallest absolute Gasteiger partial charge is 0.224 e. The summed E-state index contributed by atoms with van der Waals surface area (Å²) in [7, 11) is 0. The number of fused-ring (bicyclic) bond motifs is 1. The van der Waals surface area contributed by atoms with Crippen LogP contribution in [0, 0.1) is 0 Å². The second-order valence-electron chi connectivity index (χ2n) is 4.91. The molecular formula is C16H17NO2. The van der Waals surface area contributed by atoms with Gasteiger partial charge in [0.25, 0.3) is 0 Å². The third-order valence-corrected chi connectivity index (χ3v) is 3.42. The van der Waals surface area contributed by atoms with Crippen molar-refractivity contribution in [2.45, 2.75) is 18.9 Å². The number of epoxide rings is 1. The highest BCUT2D eigenvalue weighted by Gasteiger charge is 2.21. The van der Waals surface area contributed by atoms with Crippen LogP contribution in [0.2, 0.25) is 0 Å². The van der Waals surface area contributed by atoms with Gasteiger partial charge in [-0.3, -0.25) is 4.79 Å². The van der Waals surface area contributed by atoms with Gasteiger partial charge in [-0.15, -0.1) is 0 Å². The van der Waals surface area contributed by atoms with Crippen LogP contribution in [-0.4, -0.2) is 25.2 Å². The standard InChI is InChI=1S/C16H17NO2/c18-16(17-9-8-14-11-19-14)10-13-6-3-5-12-4-1-2-7-15(12)13/h1-7,14H,8-11H2,(H,17,18)/t14-/m1/s1. The summed E-state index contributed by atoms with van der Waals surface area (Å²) in [5, 5.41) is 5.29. The van der Waals surface area contributed by atoms with Crippen LogP contribution in [-0.2, 0) is 16.0 Å². The van der Waals surface area contributed by atoms with Gasteiger partial charge in [-0.05, 0) is 22.8 Å². The van der Waals surface area contributed by atoms with Gasteiger partial charge in [0.1, 0.15) is 0 Å². The molecule has 1 atom stereocenters. The number of amides is 1. The molecular weight excluding hydrogens is 238 g/mol. The molecule has 3 rings (SSSR count). The van der Waals surface area contributed by atoms with Crippen LogP contribution in [0.5, 0.6) is 0 Å². The fourth-order valence-electron chi connectivity index (χ4n) is 2.29. The van der Waals surface area contributed by atoms with Gasteiger partial charge in [0.15, 0.2) is 0 Å². The fraction of sp³-hybridized carbons (Fsp3) is 0.312. The number of hydrogen-bond acceptors (Lipinski definition) is 2. The van der Waals surface area contributed by atoms with Crippen molar-refractivity contribution < 1.29 is 9.53 Å². The molecule has 0 spiro atoms. The molecule has 98 valence electrons. The Morgan fingerprint density at radius 1 is 1.21 bits per heavy atom. The predicted octanol–water partition coefficient (Wildman–Crippen LogP) is 2.29. The summed E-state index contributed by atoms with van der Waals surface area (Å²) in [5.41, 5.74) is 1.08. The Balaban J connectivity index is 1.64. The predicted molar refractivity (Wildman–Crippen MR) is 75.0 cm³/mol. The van der Waals surface area contributed by atoms with Crippen LogP contribution >= 0.6 is 0 Å². The molecule has 3 nitrogen and oxygen atoms in total. The largest absolute Gasteiger partial charge is 0.373 e. The Morgan fingerprint density at radius 2 is 2.00 bits per heavy atom. The summed E-state index contributed by atoms with van der Waals surface area (Å²) >= 11 is 0. The number of rotatable bonds is 5. The Hall–Kier alpha value is -1.87. The van der Waals surface area contributed by atoms with Crippen molar-refractivity contribution in [3.8, 4) is 0 Å². The van der Waals surface area contributed by atoms with E-state index < -0.39 is 0 Å². The number of carbonyl (C=O) groups is 1. The molecule has 0 aromatic heterocycles. The molecule has 1 N–H and O–H groups in total. The first-order valence-electron chi connectivity index (χ1n) is 6.68. The van der Waals surface area contributed by atoms with Crippen LogP contribution < -0.4 is 5.32 Å². The maximum Gasteiger partial charge on any atom is 0.224 e. The lowest BCUT2D eigenvalue weighted by Gasteiger charge is -2.07. The molecule has 1 saturated heterocycles. The number of hydrogen-bond donors (Lipinski definition) is 1. The minimum Gasteiger partial charge on any atom is -0.373 e. The van der Waals surface area contributed by atoms with Crippen molar-refractivity contribution in [1.29, 1.82) is 0 Å². The molecule has 2 aromatic carbocycles. The third kappa shape index (κ3) is 3.12. The van der Waals surface area contributed by atoms with Crippen molar-refractivity contribution in [1.82, 2.24) is 5.32 Å². The van der Waals surface area contributed by atoms with E-state index in [4.69, 9.17) is 4.74 Å². The van der Waals surface area contributed by atoms with Crippen molar-refractivity contribution in [3.05, 3.63) is 48.0 Å². The summed E-state index contributed by atoms with van der Waals surface area (Å²) in [6, 6.07) is 14.3. The molecule has 0 bridgehead atoms. The number of carbonyl (C=O) groups excluding carboxylic acids is 1. The summed E-state index contributed by atoms with van der Waals surface area (Å²) < 4.78 is 5.11. The quantitative estimate of drug-likeness (QED) is 0.833. The van der Waals surface area contributed by atoms with Gasteiger partial charge in [-0.25, -0.2) is 0 Å². The monoisotopic (exact) mass is 255 g/mol. The molecule has 3 heteroatoms. The zero-order chi connectivity index (χ0) is 13.1. The normalized spacial score (nSPS) is 17.4. The van der Waals surface area contributed by atoms with Crippen molar-refractivity contribution in [2.24, 2.45) is 0 Å². The zero-order valence-corrected chi connectivity index (χ0v) is 10.8. The van der Waals surface area contributed by atoms with Gasteiger partial charge < -0.3 is 10.1 Å². The van der Waals surface area contributed by atoms with Crippen molar-refractivity contribution >= 4 is 16.7 Å². The molecule has 0 radical (unpaired) electrons.